The van der Waals surface area contributed by atoms with Crippen molar-refractivity contribution >= 4 is 23.2 Å². The maximum absolute atomic E-state index is 12.5. The molecule has 7 nitrogen and oxygen atoms in total. The quantitative estimate of drug-likeness (QED) is 0.634. The standard InChI is InChI=1S/C18H15ClF3N5O2/c1-2-16(28)27(10-11-3-5-15(6-4-11)29-18(20,21)22)14-8-12(7-13(19)9-14)17-23-25-26-24-17/h3-9H,2,10H2,1H3,(H,23,24,25,26). The highest BCUT2D eigenvalue weighted by Crippen LogP contribution is 2.29. The van der Waals surface area contributed by atoms with Crippen LogP contribution in [0.25, 0.3) is 11.4 Å². The molecule has 1 N–H and O–H groups in total. The summed E-state index contributed by atoms with van der Waals surface area (Å²) >= 11 is 6.20. The number of anilines is 1. The van der Waals surface area contributed by atoms with Gasteiger partial charge in [-0.1, -0.05) is 30.7 Å². The van der Waals surface area contributed by atoms with Crippen LogP contribution in [0.15, 0.2) is 42.5 Å². The Morgan fingerprint density at radius 1 is 1.21 bits per heavy atom. The summed E-state index contributed by atoms with van der Waals surface area (Å²) in [5.41, 5.74) is 1.70. The van der Waals surface area contributed by atoms with Gasteiger partial charge in [-0.25, -0.2) is 5.10 Å². The number of nitrogens with zero attached hydrogens (tertiary/aromatic N) is 4. The second-order valence-electron chi connectivity index (χ2n) is 5.97. The molecular formula is C18H15ClF3N5O2. The van der Waals surface area contributed by atoms with Crippen LogP contribution in [-0.4, -0.2) is 32.9 Å². The van der Waals surface area contributed by atoms with Crippen LogP contribution in [0.3, 0.4) is 0 Å². The van der Waals surface area contributed by atoms with Gasteiger partial charge in [0.05, 0.1) is 6.54 Å². The Balaban J connectivity index is 1.88. The molecule has 1 heterocycles. The molecule has 0 saturated heterocycles. The van der Waals surface area contributed by atoms with Gasteiger partial charge in [0.25, 0.3) is 0 Å². The molecule has 3 rings (SSSR count). The fourth-order valence-electron chi connectivity index (χ4n) is 2.64. The summed E-state index contributed by atoms with van der Waals surface area (Å²) in [6, 6.07) is 10.3. The van der Waals surface area contributed by atoms with Crippen molar-refractivity contribution in [2.45, 2.75) is 26.3 Å². The van der Waals surface area contributed by atoms with Crippen LogP contribution >= 0.6 is 11.6 Å². The third-order valence-corrected chi connectivity index (χ3v) is 4.13. The van der Waals surface area contributed by atoms with E-state index < -0.39 is 6.36 Å². The molecule has 0 aliphatic rings. The smallest absolute Gasteiger partial charge is 0.406 e. The van der Waals surface area contributed by atoms with E-state index in [1.807, 2.05) is 0 Å². The van der Waals surface area contributed by atoms with Crippen LogP contribution in [0.1, 0.15) is 18.9 Å². The molecule has 0 aliphatic heterocycles. The summed E-state index contributed by atoms with van der Waals surface area (Å²) in [6.07, 6.45) is -4.54. The van der Waals surface area contributed by atoms with E-state index in [1.54, 1.807) is 25.1 Å². The highest BCUT2D eigenvalue weighted by molar-refractivity contribution is 6.31. The molecule has 11 heteroatoms. The van der Waals surface area contributed by atoms with Gasteiger partial charge in [0.1, 0.15) is 5.75 Å². The molecular weight excluding hydrogens is 411 g/mol. The fraction of sp³-hybridized carbons (Fsp3) is 0.222. The fourth-order valence-corrected chi connectivity index (χ4v) is 2.87. The molecule has 1 amide bonds. The number of nitrogens with one attached hydrogen (secondary N) is 1. The van der Waals surface area contributed by atoms with E-state index in [9.17, 15) is 18.0 Å². The number of tetrazole rings is 1. The van der Waals surface area contributed by atoms with Crippen molar-refractivity contribution in [1.29, 1.82) is 0 Å². The number of halogens is 4. The number of carbonyl (C=O) groups excluding carboxylic acids is 1. The molecule has 0 radical (unpaired) electrons. The summed E-state index contributed by atoms with van der Waals surface area (Å²) in [6.45, 7) is 1.84. The summed E-state index contributed by atoms with van der Waals surface area (Å²) in [7, 11) is 0. The Bertz CT molecular complexity index is 978. The Hall–Kier alpha value is -3.14. The molecule has 29 heavy (non-hydrogen) atoms. The van der Waals surface area contributed by atoms with E-state index in [0.29, 0.717) is 27.7 Å². The lowest BCUT2D eigenvalue weighted by atomic mass is 10.1. The summed E-state index contributed by atoms with van der Waals surface area (Å²) in [5, 5.41) is 13.9. The molecule has 0 saturated carbocycles. The van der Waals surface area contributed by atoms with Gasteiger partial charge < -0.3 is 9.64 Å². The number of aromatic amines is 1. The van der Waals surface area contributed by atoms with Gasteiger partial charge in [0, 0.05) is 22.7 Å². The first-order chi connectivity index (χ1) is 13.7. The number of carbonyl (C=O) groups is 1. The van der Waals surface area contributed by atoms with Crippen LogP contribution in [0.2, 0.25) is 5.02 Å². The minimum atomic E-state index is -4.77. The van der Waals surface area contributed by atoms with Gasteiger partial charge in [-0.05, 0) is 46.3 Å². The minimum absolute atomic E-state index is 0.132. The van der Waals surface area contributed by atoms with Gasteiger partial charge in [-0.3, -0.25) is 4.79 Å². The molecule has 0 unspecified atom stereocenters. The van der Waals surface area contributed by atoms with E-state index in [1.165, 1.54) is 29.2 Å². The summed E-state index contributed by atoms with van der Waals surface area (Å²) in [5.74, 6) is -0.145. The molecule has 1 aromatic heterocycles. The second kappa shape index (κ2) is 8.48. The number of ether oxygens (including phenoxy) is 1. The van der Waals surface area contributed by atoms with Crippen LogP contribution in [0.5, 0.6) is 5.75 Å². The first kappa shape index (κ1) is 20.6. The number of aromatic nitrogens is 4. The van der Waals surface area contributed by atoms with E-state index in [0.717, 1.165) is 0 Å². The second-order valence-corrected chi connectivity index (χ2v) is 6.41. The van der Waals surface area contributed by atoms with Crippen LogP contribution in [0.4, 0.5) is 18.9 Å². The lowest BCUT2D eigenvalue weighted by Crippen LogP contribution is -2.29. The molecule has 0 aliphatic carbocycles. The van der Waals surface area contributed by atoms with Crippen molar-refractivity contribution in [3.63, 3.8) is 0 Å². The highest BCUT2D eigenvalue weighted by atomic mass is 35.5. The first-order valence-corrected chi connectivity index (χ1v) is 8.82. The lowest BCUT2D eigenvalue weighted by molar-refractivity contribution is -0.274. The van der Waals surface area contributed by atoms with E-state index >= 15 is 0 Å². The molecule has 0 spiro atoms. The minimum Gasteiger partial charge on any atom is -0.406 e. The van der Waals surface area contributed by atoms with Crippen molar-refractivity contribution in [2.24, 2.45) is 0 Å². The SMILES string of the molecule is CCC(=O)N(Cc1ccc(OC(F)(F)F)cc1)c1cc(Cl)cc(-c2nnn[nH]2)c1. The van der Waals surface area contributed by atoms with Gasteiger partial charge in [-0.2, -0.15) is 0 Å². The Labute approximate surface area is 168 Å². The van der Waals surface area contributed by atoms with Gasteiger partial charge in [0.15, 0.2) is 5.82 Å². The largest absolute Gasteiger partial charge is 0.573 e. The molecule has 0 bridgehead atoms. The number of alkyl halides is 3. The average molecular weight is 426 g/mol. The molecule has 0 fully saturated rings. The molecule has 3 aromatic rings. The third kappa shape index (κ3) is 5.44. The highest BCUT2D eigenvalue weighted by Gasteiger charge is 2.31. The zero-order valence-corrected chi connectivity index (χ0v) is 15.8. The summed E-state index contributed by atoms with van der Waals surface area (Å²) < 4.78 is 40.8. The Kier molecular flexibility index (Phi) is 6.02. The van der Waals surface area contributed by atoms with E-state index in [4.69, 9.17) is 11.6 Å². The average Bonchev–Trinajstić information content (AvgIpc) is 3.20. The topological polar surface area (TPSA) is 84.0 Å². The zero-order valence-electron chi connectivity index (χ0n) is 15.1. The number of hydrogen-bond acceptors (Lipinski definition) is 5. The van der Waals surface area contributed by atoms with E-state index in [2.05, 4.69) is 25.4 Å². The van der Waals surface area contributed by atoms with Crippen LogP contribution in [-0.2, 0) is 11.3 Å². The zero-order chi connectivity index (χ0) is 21.0. The number of amides is 1. The Morgan fingerprint density at radius 2 is 1.93 bits per heavy atom. The third-order valence-electron chi connectivity index (χ3n) is 3.91. The van der Waals surface area contributed by atoms with Gasteiger partial charge >= 0.3 is 6.36 Å². The Morgan fingerprint density at radius 3 is 2.52 bits per heavy atom. The predicted octanol–water partition coefficient (Wildman–Crippen LogP) is 4.36. The maximum atomic E-state index is 12.5. The molecule has 0 atom stereocenters. The normalized spacial score (nSPS) is 11.3. The van der Waals surface area contributed by atoms with Crippen molar-refractivity contribution < 1.29 is 22.7 Å². The number of hydrogen-bond donors (Lipinski definition) is 1. The lowest BCUT2D eigenvalue weighted by Gasteiger charge is -2.23. The summed E-state index contributed by atoms with van der Waals surface area (Å²) in [4.78, 5) is 14.0. The molecule has 152 valence electrons. The molecule has 2 aromatic carbocycles. The van der Waals surface area contributed by atoms with Gasteiger partial charge in [-0.15, -0.1) is 18.3 Å². The predicted molar refractivity (Wildman–Crippen MR) is 99.2 cm³/mol. The maximum Gasteiger partial charge on any atom is 0.573 e. The van der Waals surface area contributed by atoms with Crippen LogP contribution < -0.4 is 9.64 Å². The number of rotatable bonds is 6. The number of H-pyrrole nitrogens is 1. The van der Waals surface area contributed by atoms with Crippen molar-refractivity contribution in [1.82, 2.24) is 20.6 Å². The van der Waals surface area contributed by atoms with Crippen molar-refractivity contribution in [3.8, 4) is 17.1 Å². The van der Waals surface area contributed by atoms with Gasteiger partial charge in [0.2, 0.25) is 5.91 Å². The monoisotopic (exact) mass is 425 g/mol. The van der Waals surface area contributed by atoms with Crippen molar-refractivity contribution in [2.75, 3.05) is 4.90 Å². The van der Waals surface area contributed by atoms with Crippen LogP contribution in [0, 0.1) is 0 Å². The van der Waals surface area contributed by atoms with Crippen molar-refractivity contribution in [3.05, 3.63) is 53.1 Å². The number of benzene rings is 2. The first-order valence-electron chi connectivity index (χ1n) is 8.45. The van der Waals surface area contributed by atoms with E-state index in [-0.39, 0.29) is 24.6 Å².